The van der Waals surface area contributed by atoms with E-state index in [2.05, 4.69) is 5.32 Å². The second-order valence-electron chi connectivity index (χ2n) is 7.70. The molecule has 1 heterocycles. The minimum atomic E-state index is -1.12. The average molecular weight is 575 g/mol. The van der Waals surface area contributed by atoms with Gasteiger partial charge in [0.25, 0.3) is 0 Å². The zero-order chi connectivity index (χ0) is 24.6. The Bertz CT molecular complexity index is 1280. The minimum Gasteiger partial charge on any atom is -0.493 e. The molecule has 8 nitrogen and oxygen atoms in total. The molecule has 0 amide bonds. The van der Waals surface area contributed by atoms with Crippen LogP contribution in [0.1, 0.15) is 41.3 Å². The number of ether oxygens (including phenoxy) is 3. The topological polar surface area (TPSA) is 111 Å². The molecule has 4 rings (SSSR count). The van der Waals surface area contributed by atoms with Crippen molar-refractivity contribution in [3.63, 3.8) is 0 Å². The number of esters is 1. The second-order valence-corrected chi connectivity index (χ2v) is 8.86. The maximum absolute atomic E-state index is 13.5. The van der Waals surface area contributed by atoms with Crippen molar-refractivity contribution in [2.24, 2.45) is 0 Å². The number of ketones is 1. The lowest BCUT2D eigenvalue weighted by molar-refractivity contribution is -0.140. The fourth-order valence-corrected chi connectivity index (χ4v) is 5.10. The van der Waals surface area contributed by atoms with Crippen LogP contribution < -0.4 is 14.8 Å². The standard InChI is InChI=1S/C25H22INO7/c1-4-33-25(31)19-12(2)27-22-14-7-5-6-8-15(14)23(30)21(22)20(19)13-9-16(26)24(17(10-13)32-3)34-11-18(28)29/h5-10,20,27H,4,11H2,1-3H3,(H,28,29)/t20-/m1/s1. The zero-order valence-electron chi connectivity index (χ0n) is 18.7. The third-order valence-electron chi connectivity index (χ3n) is 5.67. The van der Waals surface area contributed by atoms with Crippen molar-refractivity contribution in [3.05, 3.63) is 73.5 Å². The molecule has 34 heavy (non-hydrogen) atoms. The number of Topliss-reactive ketones (excluding diaryl/α,β-unsaturated/α-hetero) is 1. The normalized spacial score (nSPS) is 16.6. The first-order valence-electron chi connectivity index (χ1n) is 10.5. The number of benzene rings is 2. The molecule has 9 heteroatoms. The Hall–Kier alpha value is -3.34. The van der Waals surface area contributed by atoms with Gasteiger partial charge in [-0.1, -0.05) is 24.3 Å². The molecule has 2 aromatic carbocycles. The van der Waals surface area contributed by atoms with Crippen molar-refractivity contribution in [2.75, 3.05) is 20.3 Å². The zero-order valence-corrected chi connectivity index (χ0v) is 20.9. The number of allylic oxidation sites excluding steroid dienone is 2. The Labute approximate surface area is 209 Å². The third kappa shape index (κ3) is 4.04. The van der Waals surface area contributed by atoms with Gasteiger partial charge in [-0.05, 0) is 54.1 Å². The molecular weight excluding hydrogens is 553 g/mol. The van der Waals surface area contributed by atoms with Crippen LogP contribution in [0.5, 0.6) is 11.5 Å². The number of carboxylic acid groups (broad SMARTS) is 1. The van der Waals surface area contributed by atoms with Gasteiger partial charge in [0.1, 0.15) is 0 Å². The van der Waals surface area contributed by atoms with Crippen LogP contribution in [0.3, 0.4) is 0 Å². The Morgan fingerprint density at radius 3 is 2.53 bits per heavy atom. The number of aliphatic carboxylic acids is 1. The summed E-state index contributed by atoms with van der Waals surface area (Å²) in [5, 5.41) is 12.3. The Kier molecular flexibility index (Phi) is 6.65. The van der Waals surface area contributed by atoms with Gasteiger partial charge in [0.2, 0.25) is 0 Å². The highest BCUT2D eigenvalue weighted by molar-refractivity contribution is 14.1. The van der Waals surface area contributed by atoms with Gasteiger partial charge in [-0.15, -0.1) is 0 Å². The highest BCUT2D eigenvalue weighted by atomic mass is 127. The summed E-state index contributed by atoms with van der Waals surface area (Å²) in [5.41, 5.74) is 4.00. The summed E-state index contributed by atoms with van der Waals surface area (Å²) in [6.07, 6.45) is 0. The lowest BCUT2D eigenvalue weighted by atomic mass is 9.79. The van der Waals surface area contributed by atoms with Crippen LogP contribution in [0.25, 0.3) is 5.70 Å². The van der Waals surface area contributed by atoms with Crippen LogP contribution in [-0.4, -0.2) is 43.2 Å². The summed E-state index contributed by atoms with van der Waals surface area (Å²) >= 11 is 2.02. The summed E-state index contributed by atoms with van der Waals surface area (Å²) in [6.45, 7) is 3.16. The predicted octanol–water partition coefficient (Wildman–Crippen LogP) is 3.89. The summed E-state index contributed by atoms with van der Waals surface area (Å²) in [7, 11) is 1.44. The van der Waals surface area contributed by atoms with Crippen LogP contribution in [-0.2, 0) is 14.3 Å². The maximum Gasteiger partial charge on any atom is 0.341 e. The number of carbonyl (C=O) groups excluding carboxylic acids is 2. The molecule has 0 fully saturated rings. The van der Waals surface area contributed by atoms with E-state index in [1.54, 1.807) is 38.1 Å². The molecule has 1 atom stereocenters. The molecule has 2 N–H and O–H groups in total. The molecule has 0 saturated heterocycles. The number of fused-ring (bicyclic) bond motifs is 2. The van der Waals surface area contributed by atoms with Gasteiger partial charge in [-0.2, -0.15) is 0 Å². The van der Waals surface area contributed by atoms with E-state index in [0.29, 0.717) is 43.0 Å². The highest BCUT2D eigenvalue weighted by Gasteiger charge is 2.43. The smallest absolute Gasteiger partial charge is 0.341 e. The van der Waals surface area contributed by atoms with Gasteiger partial charge in [-0.3, -0.25) is 4.79 Å². The van der Waals surface area contributed by atoms with E-state index >= 15 is 0 Å². The summed E-state index contributed by atoms with van der Waals surface area (Å²) in [6, 6.07) is 10.7. The quantitative estimate of drug-likeness (QED) is 0.378. The van der Waals surface area contributed by atoms with E-state index in [1.165, 1.54) is 7.11 Å². The van der Waals surface area contributed by atoms with Gasteiger partial charge in [0, 0.05) is 28.3 Å². The van der Waals surface area contributed by atoms with E-state index in [0.717, 1.165) is 5.56 Å². The van der Waals surface area contributed by atoms with Crippen LogP contribution in [0.4, 0.5) is 0 Å². The first kappa shape index (κ1) is 23.8. The van der Waals surface area contributed by atoms with E-state index in [9.17, 15) is 14.4 Å². The monoisotopic (exact) mass is 575 g/mol. The van der Waals surface area contributed by atoms with E-state index < -0.39 is 24.5 Å². The number of carboxylic acids is 1. The number of rotatable bonds is 7. The molecule has 0 radical (unpaired) electrons. The summed E-state index contributed by atoms with van der Waals surface area (Å²) in [5.74, 6) is -1.95. The maximum atomic E-state index is 13.5. The van der Waals surface area contributed by atoms with Gasteiger partial charge in [0.05, 0.1) is 28.6 Å². The van der Waals surface area contributed by atoms with Gasteiger partial charge in [0.15, 0.2) is 23.9 Å². The molecule has 0 bridgehead atoms. The third-order valence-corrected chi connectivity index (χ3v) is 6.47. The number of hydrogen-bond acceptors (Lipinski definition) is 7. The predicted molar refractivity (Wildman–Crippen MR) is 132 cm³/mol. The molecule has 1 aliphatic carbocycles. The van der Waals surface area contributed by atoms with Crippen molar-refractivity contribution in [3.8, 4) is 11.5 Å². The molecule has 2 aliphatic rings. The van der Waals surface area contributed by atoms with Crippen LogP contribution in [0, 0.1) is 3.57 Å². The number of dihydropyridines is 1. The number of nitrogens with one attached hydrogen (secondary N) is 1. The molecule has 176 valence electrons. The Morgan fingerprint density at radius 1 is 1.18 bits per heavy atom. The molecule has 0 aromatic heterocycles. The van der Waals surface area contributed by atoms with Crippen molar-refractivity contribution in [1.82, 2.24) is 5.32 Å². The van der Waals surface area contributed by atoms with Crippen molar-refractivity contribution < 1.29 is 33.7 Å². The summed E-state index contributed by atoms with van der Waals surface area (Å²) < 4.78 is 16.8. The Morgan fingerprint density at radius 2 is 1.88 bits per heavy atom. The fraction of sp³-hybridized carbons (Fsp3) is 0.240. The number of hydrogen-bond donors (Lipinski definition) is 2. The molecule has 0 saturated carbocycles. The Balaban J connectivity index is 1.91. The van der Waals surface area contributed by atoms with Crippen molar-refractivity contribution in [2.45, 2.75) is 19.8 Å². The van der Waals surface area contributed by atoms with Crippen molar-refractivity contribution in [1.29, 1.82) is 0 Å². The molecular formula is C25H22INO7. The SMILES string of the molecule is CCOC(=O)C1=C(C)NC2=C(C(=O)c3ccccc32)[C@@H]1c1cc(I)c(OCC(=O)O)c(OC)c1. The lowest BCUT2D eigenvalue weighted by Crippen LogP contribution is -2.29. The van der Waals surface area contributed by atoms with E-state index in [4.69, 9.17) is 19.3 Å². The lowest BCUT2D eigenvalue weighted by Gasteiger charge is -2.29. The van der Waals surface area contributed by atoms with E-state index in [-0.39, 0.29) is 18.1 Å². The second kappa shape index (κ2) is 9.49. The molecule has 0 unspecified atom stereocenters. The highest BCUT2D eigenvalue weighted by Crippen LogP contribution is 2.48. The van der Waals surface area contributed by atoms with Crippen LogP contribution in [0.15, 0.2) is 53.2 Å². The fourth-order valence-electron chi connectivity index (χ4n) is 4.32. The van der Waals surface area contributed by atoms with Crippen LogP contribution >= 0.6 is 22.6 Å². The van der Waals surface area contributed by atoms with E-state index in [1.807, 2.05) is 34.7 Å². The van der Waals surface area contributed by atoms with Crippen LogP contribution in [0.2, 0.25) is 0 Å². The number of halogens is 1. The van der Waals surface area contributed by atoms with Crippen molar-refractivity contribution >= 4 is 46.0 Å². The molecule has 1 aliphatic heterocycles. The largest absolute Gasteiger partial charge is 0.493 e. The number of methoxy groups -OCH3 is 1. The first-order valence-corrected chi connectivity index (χ1v) is 11.6. The summed E-state index contributed by atoms with van der Waals surface area (Å²) in [4.78, 5) is 37.6. The van der Waals surface area contributed by atoms with Gasteiger partial charge < -0.3 is 24.6 Å². The molecule has 0 spiro atoms. The van der Waals surface area contributed by atoms with Gasteiger partial charge >= 0.3 is 11.9 Å². The molecule has 2 aromatic rings. The van der Waals surface area contributed by atoms with Gasteiger partial charge in [-0.25, -0.2) is 9.59 Å². The first-order chi connectivity index (χ1) is 16.3. The minimum absolute atomic E-state index is 0.169. The average Bonchev–Trinajstić information content (AvgIpc) is 3.08. The number of carbonyl (C=O) groups is 3.